The van der Waals surface area contributed by atoms with Crippen molar-refractivity contribution in [1.29, 1.82) is 0 Å². The van der Waals surface area contributed by atoms with Gasteiger partial charge in [-0.05, 0) is 30.7 Å². The maximum absolute atomic E-state index is 13.5. The van der Waals surface area contributed by atoms with E-state index in [9.17, 15) is 4.39 Å². The molecule has 18 heavy (non-hydrogen) atoms. The molecular formula is C12H7Cl3FNO. The smallest absolute Gasteiger partial charge is 0.239 e. The zero-order valence-electron chi connectivity index (χ0n) is 9.18. The number of benzene rings is 1. The lowest BCUT2D eigenvalue weighted by molar-refractivity contribution is 0.427. The van der Waals surface area contributed by atoms with Crippen LogP contribution < -0.4 is 4.74 Å². The molecule has 0 aliphatic heterocycles. The van der Waals surface area contributed by atoms with Crippen molar-refractivity contribution in [3.8, 4) is 11.6 Å². The fraction of sp³-hybridized carbons (Fsp3) is 0.0833. The molecule has 0 radical (unpaired) electrons. The largest absolute Gasteiger partial charge is 0.434 e. The standard InChI is InChI=1S/C12H7Cl3FNO/c1-6-2-3-9(16)10(4-6)18-12-8(14)5-7(13)11(15)17-12/h2-5H,1H3. The molecule has 1 aromatic carbocycles. The first-order chi connectivity index (χ1) is 8.47. The lowest BCUT2D eigenvalue weighted by atomic mass is 10.2. The lowest BCUT2D eigenvalue weighted by Gasteiger charge is -2.09. The number of nitrogens with zero attached hydrogens (tertiary/aromatic N) is 1. The van der Waals surface area contributed by atoms with Crippen LogP contribution in [0.5, 0.6) is 11.6 Å². The Morgan fingerprint density at radius 1 is 1.11 bits per heavy atom. The first-order valence-corrected chi connectivity index (χ1v) is 6.06. The summed E-state index contributed by atoms with van der Waals surface area (Å²) < 4.78 is 18.8. The summed E-state index contributed by atoms with van der Waals surface area (Å²) in [5, 5.41) is 0.410. The van der Waals surface area contributed by atoms with Gasteiger partial charge in [0.1, 0.15) is 5.02 Å². The maximum Gasteiger partial charge on any atom is 0.239 e. The van der Waals surface area contributed by atoms with Gasteiger partial charge in [0, 0.05) is 0 Å². The molecular weight excluding hydrogens is 299 g/mol. The van der Waals surface area contributed by atoms with E-state index in [1.807, 2.05) is 6.92 Å². The number of hydrogen-bond acceptors (Lipinski definition) is 2. The second-order valence-electron chi connectivity index (χ2n) is 3.58. The Labute approximate surface area is 118 Å². The molecule has 1 heterocycles. The average Bonchev–Trinajstić information content (AvgIpc) is 2.30. The minimum absolute atomic E-state index is 0.00978. The van der Waals surface area contributed by atoms with Crippen LogP contribution in [0, 0.1) is 12.7 Å². The van der Waals surface area contributed by atoms with E-state index < -0.39 is 5.82 Å². The van der Waals surface area contributed by atoms with Gasteiger partial charge in [-0.3, -0.25) is 0 Å². The third-order valence-electron chi connectivity index (χ3n) is 2.15. The SMILES string of the molecule is Cc1ccc(F)c(Oc2nc(Cl)c(Cl)cc2Cl)c1. The van der Waals surface area contributed by atoms with Crippen molar-refractivity contribution < 1.29 is 9.13 Å². The zero-order valence-corrected chi connectivity index (χ0v) is 11.4. The summed E-state index contributed by atoms with van der Waals surface area (Å²) in [5.41, 5.74) is 0.850. The molecule has 0 N–H and O–H groups in total. The number of rotatable bonds is 2. The summed E-state index contributed by atoms with van der Waals surface area (Å²) in [5.74, 6) is -0.470. The van der Waals surface area contributed by atoms with Gasteiger partial charge in [-0.25, -0.2) is 4.39 Å². The van der Waals surface area contributed by atoms with Crippen LogP contribution in [-0.4, -0.2) is 4.98 Å². The number of hydrogen-bond donors (Lipinski definition) is 0. The first-order valence-electron chi connectivity index (χ1n) is 4.93. The summed E-state index contributed by atoms with van der Waals surface area (Å²) in [4.78, 5) is 3.85. The van der Waals surface area contributed by atoms with Crippen molar-refractivity contribution in [1.82, 2.24) is 4.98 Å². The van der Waals surface area contributed by atoms with Gasteiger partial charge in [0.2, 0.25) is 5.88 Å². The Bertz CT molecular complexity index is 604. The van der Waals surface area contributed by atoms with Crippen LogP contribution in [0.4, 0.5) is 4.39 Å². The van der Waals surface area contributed by atoms with E-state index in [-0.39, 0.29) is 26.8 Å². The Kier molecular flexibility index (Phi) is 3.95. The molecule has 0 unspecified atom stereocenters. The number of halogens is 4. The summed E-state index contributed by atoms with van der Waals surface area (Å²) in [6.45, 7) is 1.82. The monoisotopic (exact) mass is 305 g/mol. The minimum atomic E-state index is -0.510. The van der Waals surface area contributed by atoms with Gasteiger partial charge in [0.05, 0.1) is 5.02 Å². The molecule has 2 rings (SSSR count). The molecule has 6 heteroatoms. The van der Waals surface area contributed by atoms with Crippen LogP contribution in [0.25, 0.3) is 0 Å². The minimum Gasteiger partial charge on any atom is -0.434 e. The lowest BCUT2D eigenvalue weighted by Crippen LogP contribution is -1.93. The summed E-state index contributed by atoms with van der Waals surface area (Å²) in [6.07, 6.45) is 0. The van der Waals surface area contributed by atoms with Crippen molar-refractivity contribution >= 4 is 34.8 Å². The molecule has 0 saturated carbocycles. The van der Waals surface area contributed by atoms with Gasteiger partial charge in [-0.2, -0.15) is 4.98 Å². The molecule has 0 amide bonds. The molecule has 2 aromatic rings. The second kappa shape index (κ2) is 5.31. The van der Waals surface area contributed by atoms with Crippen LogP contribution in [-0.2, 0) is 0 Å². The van der Waals surface area contributed by atoms with Gasteiger partial charge in [-0.15, -0.1) is 0 Å². The highest BCUT2D eigenvalue weighted by atomic mass is 35.5. The molecule has 2 nitrogen and oxygen atoms in total. The van der Waals surface area contributed by atoms with Crippen molar-refractivity contribution in [2.45, 2.75) is 6.92 Å². The first kappa shape index (κ1) is 13.4. The quantitative estimate of drug-likeness (QED) is 0.704. The van der Waals surface area contributed by atoms with E-state index in [4.69, 9.17) is 39.5 Å². The number of pyridine rings is 1. The molecule has 0 spiro atoms. The molecule has 94 valence electrons. The van der Waals surface area contributed by atoms with Crippen molar-refractivity contribution in [3.05, 3.63) is 50.8 Å². The third kappa shape index (κ3) is 2.86. The van der Waals surface area contributed by atoms with E-state index >= 15 is 0 Å². The predicted molar refractivity (Wildman–Crippen MR) is 70.5 cm³/mol. The Balaban J connectivity index is 2.40. The van der Waals surface area contributed by atoms with E-state index in [0.29, 0.717) is 0 Å². The maximum atomic E-state index is 13.5. The van der Waals surface area contributed by atoms with Gasteiger partial charge in [-0.1, -0.05) is 40.9 Å². The molecule has 1 aromatic heterocycles. The van der Waals surface area contributed by atoms with Crippen molar-refractivity contribution in [2.75, 3.05) is 0 Å². The summed E-state index contributed by atoms with van der Waals surface area (Å²) >= 11 is 17.4. The summed E-state index contributed by atoms with van der Waals surface area (Å²) in [6, 6.07) is 5.86. The highest BCUT2D eigenvalue weighted by Gasteiger charge is 2.12. The van der Waals surface area contributed by atoms with E-state index in [1.54, 1.807) is 6.07 Å². The Morgan fingerprint density at radius 3 is 2.56 bits per heavy atom. The van der Waals surface area contributed by atoms with Gasteiger partial charge >= 0.3 is 0 Å². The Morgan fingerprint density at radius 2 is 1.83 bits per heavy atom. The number of aryl methyl sites for hydroxylation is 1. The highest BCUT2D eigenvalue weighted by molar-refractivity contribution is 6.42. The van der Waals surface area contributed by atoms with E-state index in [2.05, 4.69) is 4.98 Å². The number of ether oxygens (including phenoxy) is 1. The normalized spacial score (nSPS) is 10.5. The van der Waals surface area contributed by atoms with Crippen LogP contribution in [0.15, 0.2) is 24.3 Å². The van der Waals surface area contributed by atoms with Crippen LogP contribution in [0.2, 0.25) is 15.2 Å². The van der Waals surface area contributed by atoms with Crippen LogP contribution in [0.3, 0.4) is 0 Å². The molecule has 0 bridgehead atoms. The molecule has 0 atom stereocenters. The topological polar surface area (TPSA) is 22.1 Å². The fourth-order valence-corrected chi connectivity index (χ4v) is 1.82. The highest BCUT2D eigenvalue weighted by Crippen LogP contribution is 2.34. The van der Waals surface area contributed by atoms with Crippen LogP contribution in [0.1, 0.15) is 5.56 Å². The molecule has 0 aliphatic rings. The predicted octanol–water partition coefficient (Wildman–Crippen LogP) is 5.28. The van der Waals surface area contributed by atoms with Gasteiger partial charge in [0.15, 0.2) is 16.7 Å². The van der Waals surface area contributed by atoms with E-state index in [0.717, 1.165) is 5.56 Å². The average molecular weight is 307 g/mol. The van der Waals surface area contributed by atoms with Gasteiger partial charge < -0.3 is 4.74 Å². The van der Waals surface area contributed by atoms with Crippen molar-refractivity contribution in [2.24, 2.45) is 0 Å². The van der Waals surface area contributed by atoms with E-state index in [1.165, 1.54) is 18.2 Å². The van der Waals surface area contributed by atoms with Crippen molar-refractivity contribution in [3.63, 3.8) is 0 Å². The third-order valence-corrected chi connectivity index (χ3v) is 3.09. The Hall–Kier alpha value is -1.03. The molecule has 0 fully saturated rings. The zero-order chi connectivity index (χ0) is 13.3. The summed E-state index contributed by atoms with van der Waals surface area (Å²) in [7, 11) is 0. The number of aromatic nitrogens is 1. The second-order valence-corrected chi connectivity index (χ2v) is 4.76. The van der Waals surface area contributed by atoms with Gasteiger partial charge in [0.25, 0.3) is 0 Å². The fourth-order valence-electron chi connectivity index (χ4n) is 1.29. The molecule has 0 aliphatic carbocycles. The van der Waals surface area contributed by atoms with Crippen LogP contribution >= 0.6 is 34.8 Å². The molecule has 0 saturated heterocycles.